The molecule has 2 fully saturated rings. The highest BCUT2D eigenvalue weighted by molar-refractivity contribution is 7.91. The fraction of sp³-hybridized carbons (Fsp3) is 0.667. The van der Waals surface area contributed by atoms with Gasteiger partial charge in [-0.25, -0.2) is 8.42 Å². The van der Waals surface area contributed by atoms with Crippen molar-refractivity contribution in [3.63, 3.8) is 0 Å². The Bertz CT molecular complexity index is 759. The maximum atomic E-state index is 13.0. The lowest BCUT2D eigenvalue weighted by Crippen LogP contribution is -2.42. The number of sulfone groups is 1. The molecule has 3 aliphatic rings. The second-order valence-corrected chi connectivity index (χ2v) is 10.6. The van der Waals surface area contributed by atoms with Crippen molar-refractivity contribution in [2.45, 2.75) is 63.3 Å². The normalized spacial score (nSPS) is 28.7. The van der Waals surface area contributed by atoms with Crippen molar-refractivity contribution in [3.8, 4) is 0 Å². The van der Waals surface area contributed by atoms with E-state index in [9.17, 15) is 13.2 Å². The van der Waals surface area contributed by atoms with Crippen LogP contribution in [-0.4, -0.2) is 43.3 Å². The van der Waals surface area contributed by atoms with Gasteiger partial charge < -0.3 is 4.90 Å². The molecule has 0 N–H and O–H groups in total. The zero-order valence-corrected chi connectivity index (χ0v) is 16.2. The summed E-state index contributed by atoms with van der Waals surface area (Å²) in [7, 11) is -2.91. The summed E-state index contributed by atoms with van der Waals surface area (Å²) >= 11 is 0. The van der Waals surface area contributed by atoms with Crippen molar-refractivity contribution in [2.75, 3.05) is 18.1 Å². The number of likely N-dealkylation sites (tertiary alicyclic amines) is 1. The molecule has 2 unspecified atom stereocenters. The van der Waals surface area contributed by atoms with Gasteiger partial charge in [-0.05, 0) is 68.4 Å². The molecular weight excluding hydrogens is 346 g/mol. The van der Waals surface area contributed by atoms with Gasteiger partial charge >= 0.3 is 0 Å². The van der Waals surface area contributed by atoms with Crippen LogP contribution in [0.3, 0.4) is 0 Å². The minimum Gasteiger partial charge on any atom is -0.339 e. The highest BCUT2D eigenvalue weighted by Crippen LogP contribution is 2.38. The molecule has 4 rings (SSSR count). The summed E-state index contributed by atoms with van der Waals surface area (Å²) in [6.45, 7) is 0.848. The molecule has 0 saturated carbocycles. The largest absolute Gasteiger partial charge is 0.339 e. The molecule has 26 heavy (non-hydrogen) atoms. The number of carbonyl (C=O) groups excluding carboxylic acids is 1. The molecule has 142 valence electrons. The van der Waals surface area contributed by atoms with Crippen LogP contribution in [0.5, 0.6) is 0 Å². The van der Waals surface area contributed by atoms with E-state index in [0.717, 1.165) is 25.8 Å². The molecule has 5 heteroatoms. The molecule has 2 heterocycles. The van der Waals surface area contributed by atoms with Crippen LogP contribution in [0.2, 0.25) is 0 Å². The first-order chi connectivity index (χ1) is 12.5. The van der Waals surface area contributed by atoms with Crippen LogP contribution < -0.4 is 0 Å². The number of carbonyl (C=O) groups is 1. The molecule has 4 nitrogen and oxygen atoms in total. The van der Waals surface area contributed by atoms with Gasteiger partial charge in [0, 0.05) is 18.5 Å². The predicted molar refractivity (Wildman–Crippen MR) is 103 cm³/mol. The fourth-order valence-electron chi connectivity index (χ4n) is 5.17. The van der Waals surface area contributed by atoms with E-state index < -0.39 is 9.84 Å². The topological polar surface area (TPSA) is 54.5 Å². The van der Waals surface area contributed by atoms with Crippen LogP contribution in [0, 0.1) is 5.92 Å². The predicted octanol–water partition coefficient (Wildman–Crippen LogP) is 3.31. The van der Waals surface area contributed by atoms with Crippen molar-refractivity contribution in [2.24, 2.45) is 5.92 Å². The fourth-order valence-corrected chi connectivity index (χ4v) is 6.66. The van der Waals surface area contributed by atoms with Gasteiger partial charge in [0.1, 0.15) is 9.84 Å². The van der Waals surface area contributed by atoms with Gasteiger partial charge in [-0.3, -0.25) is 4.79 Å². The number of rotatable bonds is 3. The average Bonchev–Trinajstić information content (AvgIpc) is 3.10. The molecule has 2 saturated heterocycles. The van der Waals surface area contributed by atoms with Crippen molar-refractivity contribution < 1.29 is 13.2 Å². The SMILES string of the molecule is O=C(C1CCS(=O)(=O)CC1)N1CCCC1CC1CCCc2ccccc21. The number of amides is 1. The Hall–Kier alpha value is -1.36. The Morgan fingerprint density at radius 1 is 1.04 bits per heavy atom. The van der Waals surface area contributed by atoms with Gasteiger partial charge in [-0.15, -0.1) is 0 Å². The van der Waals surface area contributed by atoms with E-state index in [1.165, 1.54) is 30.4 Å². The van der Waals surface area contributed by atoms with Gasteiger partial charge in [0.15, 0.2) is 0 Å². The Labute approximate surface area is 156 Å². The van der Waals surface area contributed by atoms with Crippen LogP contribution in [0.25, 0.3) is 0 Å². The average molecular weight is 376 g/mol. The zero-order chi connectivity index (χ0) is 18.1. The van der Waals surface area contributed by atoms with E-state index >= 15 is 0 Å². The van der Waals surface area contributed by atoms with Crippen LogP contribution >= 0.6 is 0 Å². The lowest BCUT2D eigenvalue weighted by molar-refractivity contribution is -0.136. The maximum Gasteiger partial charge on any atom is 0.225 e. The first-order valence-corrected chi connectivity index (χ1v) is 11.9. The second-order valence-electron chi connectivity index (χ2n) is 8.28. The van der Waals surface area contributed by atoms with Gasteiger partial charge in [0.2, 0.25) is 5.91 Å². The Kier molecular flexibility index (Phi) is 5.09. The zero-order valence-electron chi connectivity index (χ0n) is 15.4. The summed E-state index contributed by atoms with van der Waals surface area (Å²) in [5, 5.41) is 0. The smallest absolute Gasteiger partial charge is 0.225 e. The van der Waals surface area contributed by atoms with Crippen molar-refractivity contribution in [3.05, 3.63) is 35.4 Å². The van der Waals surface area contributed by atoms with Gasteiger partial charge in [-0.1, -0.05) is 24.3 Å². The molecule has 0 aromatic heterocycles. The third kappa shape index (κ3) is 3.68. The van der Waals surface area contributed by atoms with Crippen molar-refractivity contribution in [1.29, 1.82) is 0 Å². The standard InChI is InChI=1S/C21H29NO3S/c23-21(17-10-13-26(24,25)14-11-17)22-12-4-8-19(22)15-18-7-3-6-16-5-1-2-9-20(16)18/h1-2,5,9,17-19H,3-4,6-8,10-15H2. The number of fused-ring (bicyclic) bond motifs is 1. The number of aryl methyl sites for hydroxylation is 1. The number of hydrogen-bond donors (Lipinski definition) is 0. The van der Waals surface area contributed by atoms with E-state index in [1.54, 1.807) is 0 Å². The third-order valence-corrected chi connectivity index (χ3v) is 8.33. The summed E-state index contributed by atoms with van der Waals surface area (Å²) in [4.78, 5) is 15.1. The highest BCUT2D eigenvalue weighted by atomic mass is 32.2. The van der Waals surface area contributed by atoms with E-state index in [2.05, 4.69) is 29.2 Å². The summed E-state index contributed by atoms with van der Waals surface area (Å²) in [5.74, 6) is 1.05. The number of nitrogens with zero attached hydrogens (tertiary/aromatic N) is 1. The number of benzene rings is 1. The van der Waals surface area contributed by atoms with Crippen LogP contribution in [0.1, 0.15) is 62.0 Å². The monoisotopic (exact) mass is 375 g/mol. The molecule has 1 aromatic carbocycles. The molecule has 0 bridgehead atoms. The molecule has 1 amide bonds. The third-order valence-electron chi connectivity index (χ3n) is 6.61. The van der Waals surface area contributed by atoms with Crippen molar-refractivity contribution >= 4 is 15.7 Å². The molecule has 2 atom stereocenters. The summed E-state index contributed by atoms with van der Waals surface area (Å²) in [6.07, 6.45) is 7.89. The van der Waals surface area contributed by atoms with Crippen LogP contribution in [0.4, 0.5) is 0 Å². The van der Waals surface area contributed by atoms with E-state index in [-0.39, 0.29) is 23.3 Å². The van der Waals surface area contributed by atoms with E-state index in [1.807, 2.05) is 0 Å². The quantitative estimate of drug-likeness (QED) is 0.814. The molecule has 2 aliphatic heterocycles. The van der Waals surface area contributed by atoms with Crippen LogP contribution in [-0.2, 0) is 21.1 Å². The minimum absolute atomic E-state index is 0.0854. The number of hydrogen-bond acceptors (Lipinski definition) is 3. The molecule has 0 radical (unpaired) electrons. The minimum atomic E-state index is -2.91. The Morgan fingerprint density at radius 2 is 1.81 bits per heavy atom. The maximum absolute atomic E-state index is 13.0. The first-order valence-electron chi connectivity index (χ1n) is 10.1. The lowest BCUT2D eigenvalue weighted by atomic mass is 9.79. The second kappa shape index (κ2) is 7.34. The van der Waals surface area contributed by atoms with E-state index in [4.69, 9.17) is 0 Å². The van der Waals surface area contributed by atoms with Gasteiger partial charge in [0.25, 0.3) is 0 Å². The van der Waals surface area contributed by atoms with Gasteiger partial charge in [-0.2, -0.15) is 0 Å². The summed E-state index contributed by atoms with van der Waals surface area (Å²) in [6, 6.07) is 9.12. The highest BCUT2D eigenvalue weighted by Gasteiger charge is 2.37. The van der Waals surface area contributed by atoms with E-state index in [0.29, 0.717) is 24.8 Å². The summed E-state index contributed by atoms with van der Waals surface area (Å²) < 4.78 is 23.3. The lowest BCUT2D eigenvalue weighted by Gasteiger charge is -2.34. The molecule has 1 aromatic rings. The first kappa shape index (κ1) is 18.0. The molecular formula is C21H29NO3S. The Morgan fingerprint density at radius 3 is 2.62 bits per heavy atom. The molecule has 1 aliphatic carbocycles. The van der Waals surface area contributed by atoms with Crippen LogP contribution in [0.15, 0.2) is 24.3 Å². The molecule has 0 spiro atoms. The van der Waals surface area contributed by atoms with Crippen molar-refractivity contribution in [1.82, 2.24) is 4.90 Å². The summed E-state index contributed by atoms with van der Waals surface area (Å²) in [5.41, 5.74) is 2.97. The van der Waals surface area contributed by atoms with Gasteiger partial charge in [0.05, 0.1) is 11.5 Å². The Balaban J connectivity index is 1.44.